The van der Waals surface area contributed by atoms with E-state index in [9.17, 15) is 9.90 Å². The molecule has 0 saturated carbocycles. The van der Waals surface area contributed by atoms with Gasteiger partial charge in [0.1, 0.15) is 24.3 Å². The Balaban J connectivity index is 1.26. The number of aromatic nitrogens is 2. The van der Waals surface area contributed by atoms with E-state index in [2.05, 4.69) is 45.7 Å². The van der Waals surface area contributed by atoms with Gasteiger partial charge in [-0.1, -0.05) is 24.3 Å². The second kappa shape index (κ2) is 9.81. The second-order valence-corrected chi connectivity index (χ2v) is 8.72. The van der Waals surface area contributed by atoms with E-state index in [1.165, 1.54) is 5.56 Å². The Kier molecular flexibility index (Phi) is 6.89. The number of nitrogens with zero attached hydrogens (tertiary/aromatic N) is 3. The van der Waals surface area contributed by atoms with Crippen LogP contribution in [0, 0.1) is 20.8 Å². The average Bonchev–Trinajstić information content (AvgIpc) is 2.78. The van der Waals surface area contributed by atoms with E-state index in [0.717, 1.165) is 48.6 Å². The average molecular weight is 437 g/mol. The topological polar surface area (TPSA) is 81.7 Å². The lowest BCUT2D eigenvalue weighted by Crippen LogP contribution is -2.49. The molecule has 32 heavy (non-hydrogen) atoms. The van der Waals surface area contributed by atoms with Crippen molar-refractivity contribution in [2.45, 2.75) is 33.4 Å². The Bertz CT molecular complexity index is 1140. The molecule has 1 fully saturated rings. The van der Waals surface area contributed by atoms with Crippen LogP contribution in [0.3, 0.4) is 0 Å². The van der Waals surface area contributed by atoms with Crippen LogP contribution in [0.2, 0.25) is 0 Å². The minimum Gasteiger partial charge on any atom is -0.490 e. The van der Waals surface area contributed by atoms with Gasteiger partial charge in [0.05, 0.1) is 17.4 Å². The van der Waals surface area contributed by atoms with Gasteiger partial charge in [0.2, 0.25) is 0 Å². The molecule has 1 aromatic heterocycles. The first-order chi connectivity index (χ1) is 15.4. The molecule has 170 valence electrons. The number of para-hydroxylation sites is 1. The number of aryl methyl sites for hydroxylation is 2. The van der Waals surface area contributed by atoms with Crippen LogP contribution in [-0.4, -0.2) is 70.3 Å². The Morgan fingerprint density at radius 2 is 1.72 bits per heavy atom. The molecule has 7 heteroatoms. The van der Waals surface area contributed by atoms with E-state index in [0.29, 0.717) is 24.3 Å². The summed E-state index contributed by atoms with van der Waals surface area (Å²) in [5, 5.41) is 11.1. The lowest BCUT2D eigenvalue weighted by molar-refractivity contribution is 0.0438. The monoisotopic (exact) mass is 436 g/mol. The van der Waals surface area contributed by atoms with Crippen LogP contribution >= 0.6 is 0 Å². The number of rotatable bonds is 7. The van der Waals surface area contributed by atoms with Crippen LogP contribution in [-0.2, 0) is 6.54 Å². The number of hydrogen-bond acceptors (Lipinski definition) is 6. The van der Waals surface area contributed by atoms with Gasteiger partial charge in [-0.25, -0.2) is 4.98 Å². The van der Waals surface area contributed by atoms with Gasteiger partial charge < -0.3 is 14.8 Å². The Morgan fingerprint density at radius 3 is 2.50 bits per heavy atom. The van der Waals surface area contributed by atoms with Crippen molar-refractivity contribution < 1.29 is 9.84 Å². The fraction of sp³-hybridized carbons (Fsp3) is 0.440. The molecule has 0 spiro atoms. The summed E-state index contributed by atoms with van der Waals surface area (Å²) in [5.41, 5.74) is 4.05. The molecule has 0 unspecified atom stereocenters. The maximum Gasteiger partial charge on any atom is 0.258 e. The quantitative estimate of drug-likeness (QED) is 0.592. The van der Waals surface area contributed by atoms with E-state index in [-0.39, 0.29) is 12.2 Å². The highest BCUT2D eigenvalue weighted by molar-refractivity contribution is 5.77. The first-order valence-corrected chi connectivity index (χ1v) is 11.2. The molecule has 0 radical (unpaired) electrons. The zero-order valence-corrected chi connectivity index (χ0v) is 19.1. The van der Waals surface area contributed by atoms with Crippen molar-refractivity contribution in [1.29, 1.82) is 0 Å². The van der Waals surface area contributed by atoms with Gasteiger partial charge in [-0.3, -0.25) is 14.6 Å². The summed E-state index contributed by atoms with van der Waals surface area (Å²) in [7, 11) is 0. The van der Waals surface area contributed by atoms with Crippen molar-refractivity contribution in [3.63, 3.8) is 0 Å². The Morgan fingerprint density at radius 1 is 1.03 bits per heavy atom. The highest BCUT2D eigenvalue weighted by Gasteiger charge is 2.21. The van der Waals surface area contributed by atoms with Gasteiger partial charge in [0.15, 0.2) is 0 Å². The molecular weight excluding hydrogens is 404 g/mol. The zero-order chi connectivity index (χ0) is 22.7. The number of piperazine rings is 1. The Hall–Kier alpha value is -2.74. The van der Waals surface area contributed by atoms with Crippen LogP contribution in [0.25, 0.3) is 10.9 Å². The molecule has 1 atom stereocenters. The maximum atomic E-state index is 12.3. The van der Waals surface area contributed by atoms with Crippen molar-refractivity contribution in [1.82, 2.24) is 19.8 Å². The summed E-state index contributed by atoms with van der Waals surface area (Å²) in [6.07, 6.45) is -0.542. The van der Waals surface area contributed by atoms with Crippen LogP contribution in [0.4, 0.5) is 0 Å². The van der Waals surface area contributed by atoms with Crippen molar-refractivity contribution >= 4 is 10.9 Å². The first kappa shape index (κ1) is 22.5. The molecule has 1 saturated heterocycles. The third-order valence-corrected chi connectivity index (χ3v) is 6.26. The molecule has 1 aliphatic heterocycles. The number of β-amino-alcohol motifs (C(OH)–C–C–N with tert-alkyl or cyclic N) is 1. The predicted octanol–water partition coefficient (Wildman–Crippen LogP) is 2.41. The molecule has 0 amide bonds. The number of aliphatic hydroxyl groups is 1. The van der Waals surface area contributed by atoms with Crippen LogP contribution < -0.4 is 10.3 Å². The maximum absolute atomic E-state index is 12.3. The SMILES string of the molecule is Cc1ccc(C)c(OC[C@H](O)CN2CCN(Cc3nc4ccccc4c(=O)[nH]3)CC2)c1C. The molecule has 7 nitrogen and oxygen atoms in total. The number of fused-ring (bicyclic) bond motifs is 1. The van der Waals surface area contributed by atoms with Crippen molar-refractivity contribution in [2.24, 2.45) is 0 Å². The first-order valence-electron chi connectivity index (χ1n) is 11.2. The fourth-order valence-corrected chi connectivity index (χ4v) is 4.23. The van der Waals surface area contributed by atoms with E-state index >= 15 is 0 Å². The smallest absolute Gasteiger partial charge is 0.258 e. The summed E-state index contributed by atoms with van der Waals surface area (Å²) in [4.78, 5) is 24.3. The van der Waals surface area contributed by atoms with Gasteiger partial charge in [0, 0.05) is 32.7 Å². The minimum absolute atomic E-state index is 0.0913. The largest absolute Gasteiger partial charge is 0.490 e. The lowest BCUT2D eigenvalue weighted by Gasteiger charge is -2.35. The summed E-state index contributed by atoms with van der Waals surface area (Å²) in [5.74, 6) is 1.57. The van der Waals surface area contributed by atoms with Gasteiger partial charge in [-0.05, 0) is 49.6 Å². The summed E-state index contributed by atoms with van der Waals surface area (Å²) in [6.45, 7) is 11.1. The number of aromatic amines is 1. The zero-order valence-electron chi connectivity index (χ0n) is 19.1. The summed E-state index contributed by atoms with van der Waals surface area (Å²) < 4.78 is 5.97. The fourth-order valence-electron chi connectivity index (χ4n) is 4.23. The number of aliphatic hydroxyl groups excluding tert-OH is 1. The van der Waals surface area contributed by atoms with E-state index < -0.39 is 6.10 Å². The van der Waals surface area contributed by atoms with Crippen molar-refractivity contribution in [3.05, 3.63) is 69.3 Å². The number of ether oxygens (including phenoxy) is 1. The van der Waals surface area contributed by atoms with Crippen LogP contribution in [0.15, 0.2) is 41.2 Å². The predicted molar refractivity (Wildman–Crippen MR) is 126 cm³/mol. The third kappa shape index (κ3) is 5.18. The van der Waals surface area contributed by atoms with Gasteiger partial charge in [-0.2, -0.15) is 0 Å². The molecule has 2 N–H and O–H groups in total. The van der Waals surface area contributed by atoms with Gasteiger partial charge >= 0.3 is 0 Å². The highest BCUT2D eigenvalue weighted by Crippen LogP contribution is 2.25. The molecule has 2 heterocycles. The van der Waals surface area contributed by atoms with E-state index in [1.54, 1.807) is 6.07 Å². The molecule has 0 bridgehead atoms. The lowest BCUT2D eigenvalue weighted by atomic mass is 10.1. The summed E-state index contributed by atoms with van der Waals surface area (Å²) >= 11 is 0. The number of nitrogens with one attached hydrogen (secondary N) is 1. The van der Waals surface area contributed by atoms with Crippen molar-refractivity contribution in [2.75, 3.05) is 39.3 Å². The summed E-state index contributed by atoms with van der Waals surface area (Å²) in [6, 6.07) is 11.6. The van der Waals surface area contributed by atoms with Crippen LogP contribution in [0.5, 0.6) is 5.75 Å². The molecule has 3 aromatic rings. The third-order valence-electron chi connectivity index (χ3n) is 6.26. The highest BCUT2D eigenvalue weighted by atomic mass is 16.5. The van der Waals surface area contributed by atoms with Gasteiger partial charge in [0.25, 0.3) is 5.56 Å². The van der Waals surface area contributed by atoms with E-state index in [1.807, 2.05) is 25.1 Å². The molecule has 4 rings (SSSR count). The molecule has 2 aromatic carbocycles. The second-order valence-electron chi connectivity index (χ2n) is 8.72. The molecule has 1 aliphatic rings. The normalized spacial score (nSPS) is 16.4. The Labute approximate surface area is 188 Å². The minimum atomic E-state index is -0.542. The number of benzene rings is 2. The standard InChI is InChI=1S/C25H32N4O3/c1-17-8-9-18(2)24(19(17)3)32-16-20(30)14-28-10-12-29(13-11-28)15-23-26-22-7-5-4-6-21(22)25(31)27-23/h4-9,20,30H,10-16H2,1-3H3,(H,26,27,31)/t20-/m1/s1. The van der Waals surface area contributed by atoms with E-state index in [4.69, 9.17) is 4.74 Å². The number of H-pyrrole nitrogens is 1. The van der Waals surface area contributed by atoms with Crippen molar-refractivity contribution in [3.8, 4) is 5.75 Å². The molecule has 0 aliphatic carbocycles. The van der Waals surface area contributed by atoms with Gasteiger partial charge in [-0.15, -0.1) is 0 Å². The van der Waals surface area contributed by atoms with Crippen LogP contribution in [0.1, 0.15) is 22.5 Å². The molecular formula is C25H32N4O3. The number of hydrogen-bond donors (Lipinski definition) is 2.